The summed E-state index contributed by atoms with van der Waals surface area (Å²) in [7, 11) is -4.03. The van der Waals surface area contributed by atoms with Gasteiger partial charge in [0.15, 0.2) is 0 Å². The molecule has 2 amide bonds. The minimum Gasteiger partial charge on any atom is -0.394 e. The molecule has 3 rings (SSSR count). The summed E-state index contributed by atoms with van der Waals surface area (Å²) in [5, 5.41) is 14.2. The lowest BCUT2D eigenvalue weighted by molar-refractivity contribution is -0.135. The van der Waals surface area contributed by atoms with Gasteiger partial charge in [-0.15, -0.1) is 0 Å². The Morgan fingerprint density at radius 2 is 1.94 bits per heavy atom. The third-order valence-corrected chi connectivity index (χ3v) is 7.08. The molecule has 0 aromatic heterocycles. The van der Waals surface area contributed by atoms with Crippen molar-refractivity contribution in [3.63, 3.8) is 0 Å². The molecule has 2 aromatic carbocycles. The van der Waals surface area contributed by atoms with E-state index in [4.69, 9.17) is 5.73 Å². The maximum Gasteiger partial charge on any atom is 0.243 e. The first-order valence-electron chi connectivity index (χ1n) is 10.7. The van der Waals surface area contributed by atoms with Crippen molar-refractivity contribution in [2.45, 2.75) is 42.7 Å². The van der Waals surface area contributed by atoms with Gasteiger partial charge in [-0.2, -0.15) is 4.72 Å². The number of hydrogen-bond donors (Lipinski definition) is 4. The van der Waals surface area contributed by atoms with Gasteiger partial charge in [0, 0.05) is 25.6 Å². The van der Waals surface area contributed by atoms with Gasteiger partial charge in [-0.25, -0.2) is 8.42 Å². The number of fused-ring (bicyclic) bond motifs is 1. The third-order valence-electron chi connectivity index (χ3n) is 5.61. The number of carbonyl (C=O) groups is 2. The van der Waals surface area contributed by atoms with Crippen LogP contribution in [0.25, 0.3) is 10.8 Å². The Kier molecular flexibility index (Phi) is 8.19. The molecular formula is C22H30N4O5S. The Morgan fingerprint density at radius 1 is 1.19 bits per heavy atom. The molecule has 0 radical (unpaired) electrons. The number of aliphatic hydroxyl groups excluding tert-OH is 1. The zero-order valence-electron chi connectivity index (χ0n) is 17.9. The summed E-state index contributed by atoms with van der Waals surface area (Å²) in [5.74, 6) is -0.638. The number of likely N-dealkylation sites (tertiary alicyclic amines) is 1. The van der Waals surface area contributed by atoms with Gasteiger partial charge in [0.05, 0.1) is 11.5 Å². The summed E-state index contributed by atoms with van der Waals surface area (Å²) in [6.07, 6.45) is 2.34. The number of aliphatic hydroxyl groups is 1. The molecule has 32 heavy (non-hydrogen) atoms. The van der Waals surface area contributed by atoms with Crippen LogP contribution in [0.2, 0.25) is 0 Å². The van der Waals surface area contributed by atoms with Crippen LogP contribution in [0.15, 0.2) is 47.4 Å². The van der Waals surface area contributed by atoms with E-state index < -0.39 is 28.6 Å². The van der Waals surface area contributed by atoms with Crippen LogP contribution in [0.5, 0.6) is 0 Å². The van der Waals surface area contributed by atoms with Crippen molar-refractivity contribution in [1.82, 2.24) is 14.9 Å². The van der Waals surface area contributed by atoms with Crippen molar-refractivity contribution in [3.8, 4) is 0 Å². The molecule has 5 N–H and O–H groups in total. The quantitative estimate of drug-likeness (QED) is 0.401. The van der Waals surface area contributed by atoms with Crippen LogP contribution in [-0.2, 0) is 19.6 Å². The van der Waals surface area contributed by atoms with Crippen molar-refractivity contribution in [3.05, 3.63) is 42.5 Å². The van der Waals surface area contributed by atoms with Crippen molar-refractivity contribution in [2.75, 3.05) is 26.2 Å². The van der Waals surface area contributed by atoms with E-state index in [-0.39, 0.29) is 23.4 Å². The van der Waals surface area contributed by atoms with E-state index in [1.54, 1.807) is 12.1 Å². The fourth-order valence-corrected chi connectivity index (χ4v) is 5.09. The molecule has 2 unspecified atom stereocenters. The van der Waals surface area contributed by atoms with Gasteiger partial charge in [0.2, 0.25) is 21.8 Å². The van der Waals surface area contributed by atoms with Gasteiger partial charge in [-0.1, -0.05) is 30.3 Å². The first-order chi connectivity index (χ1) is 15.4. The van der Waals surface area contributed by atoms with Crippen molar-refractivity contribution < 1.29 is 23.1 Å². The molecule has 9 nitrogen and oxygen atoms in total. The van der Waals surface area contributed by atoms with Crippen LogP contribution in [0.4, 0.5) is 0 Å². The predicted octanol–water partition coefficient (Wildman–Crippen LogP) is 0.325. The second-order valence-corrected chi connectivity index (χ2v) is 9.60. The lowest BCUT2D eigenvalue weighted by Gasteiger charge is -2.28. The number of amides is 2. The highest BCUT2D eigenvalue weighted by Crippen LogP contribution is 2.21. The number of benzene rings is 2. The SMILES string of the molecule is NCCCC(=O)NCC1CCCN1C(=O)C(CO)NS(=O)(=O)c1ccc2ccccc2c1. The van der Waals surface area contributed by atoms with E-state index in [0.29, 0.717) is 32.4 Å². The van der Waals surface area contributed by atoms with Crippen LogP contribution in [0.1, 0.15) is 25.7 Å². The second-order valence-electron chi connectivity index (χ2n) is 7.89. The molecule has 2 aromatic rings. The number of sulfonamides is 1. The highest BCUT2D eigenvalue weighted by atomic mass is 32.2. The molecule has 1 fully saturated rings. The zero-order chi connectivity index (χ0) is 23.1. The topological polar surface area (TPSA) is 142 Å². The molecule has 2 atom stereocenters. The number of nitrogens with one attached hydrogen (secondary N) is 2. The maximum absolute atomic E-state index is 13.0. The highest BCUT2D eigenvalue weighted by molar-refractivity contribution is 7.89. The number of nitrogens with zero attached hydrogens (tertiary/aromatic N) is 1. The Labute approximate surface area is 188 Å². The number of rotatable bonds is 10. The largest absolute Gasteiger partial charge is 0.394 e. The minimum atomic E-state index is -4.03. The van der Waals surface area contributed by atoms with Crippen LogP contribution >= 0.6 is 0 Å². The number of hydrogen-bond acceptors (Lipinski definition) is 6. The molecule has 0 aliphatic carbocycles. The second kappa shape index (κ2) is 10.9. The lowest BCUT2D eigenvalue weighted by atomic mass is 10.1. The molecule has 0 bridgehead atoms. The summed E-state index contributed by atoms with van der Waals surface area (Å²) in [6, 6.07) is 10.5. The monoisotopic (exact) mass is 462 g/mol. The number of carbonyl (C=O) groups excluding carboxylic acids is 2. The first kappa shape index (κ1) is 24.1. The summed E-state index contributed by atoms with van der Waals surface area (Å²) in [4.78, 5) is 26.5. The molecule has 174 valence electrons. The average molecular weight is 463 g/mol. The van der Waals surface area contributed by atoms with Gasteiger partial charge >= 0.3 is 0 Å². The van der Waals surface area contributed by atoms with Crippen LogP contribution < -0.4 is 15.8 Å². The van der Waals surface area contributed by atoms with Crippen LogP contribution in [0, 0.1) is 0 Å². The minimum absolute atomic E-state index is 0.0209. The number of nitrogens with two attached hydrogens (primary N) is 1. The first-order valence-corrected chi connectivity index (χ1v) is 12.2. The molecule has 0 spiro atoms. The van der Waals surface area contributed by atoms with Gasteiger partial charge in [0.25, 0.3) is 0 Å². The molecule has 1 aliphatic rings. The van der Waals surface area contributed by atoms with E-state index in [9.17, 15) is 23.1 Å². The standard InChI is InChI=1S/C22H30N4O5S/c23-11-3-8-21(28)24-14-18-7-4-12-26(18)22(29)20(15-27)25-32(30,31)19-10-9-16-5-1-2-6-17(16)13-19/h1-2,5-6,9-10,13,18,20,25,27H,3-4,7-8,11-12,14-15,23H2,(H,24,28). The van der Waals surface area contributed by atoms with Gasteiger partial charge in [-0.3, -0.25) is 9.59 Å². The molecule has 1 saturated heterocycles. The Hall–Kier alpha value is -2.53. The fraction of sp³-hybridized carbons (Fsp3) is 0.455. The highest BCUT2D eigenvalue weighted by Gasteiger charge is 2.35. The van der Waals surface area contributed by atoms with Gasteiger partial charge in [-0.05, 0) is 48.7 Å². The van der Waals surface area contributed by atoms with E-state index in [0.717, 1.165) is 17.2 Å². The third kappa shape index (κ3) is 5.83. The van der Waals surface area contributed by atoms with Crippen molar-refractivity contribution in [1.29, 1.82) is 0 Å². The van der Waals surface area contributed by atoms with E-state index >= 15 is 0 Å². The van der Waals surface area contributed by atoms with E-state index in [1.165, 1.54) is 17.0 Å². The zero-order valence-corrected chi connectivity index (χ0v) is 18.7. The molecule has 1 heterocycles. The van der Waals surface area contributed by atoms with Crippen molar-refractivity contribution in [2.24, 2.45) is 5.73 Å². The Balaban J connectivity index is 1.68. The average Bonchev–Trinajstić information content (AvgIpc) is 3.27. The Morgan fingerprint density at radius 3 is 2.66 bits per heavy atom. The molecule has 1 aliphatic heterocycles. The van der Waals surface area contributed by atoms with Crippen LogP contribution in [-0.4, -0.2) is 68.6 Å². The summed E-state index contributed by atoms with van der Waals surface area (Å²) in [5.41, 5.74) is 5.41. The summed E-state index contributed by atoms with van der Waals surface area (Å²) < 4.78 is 28.1. The fourth-order valence-electron chi connectivity index (χ4n) is 3.88. The molecular weight excluding hydrogens is 432 g/mol. The summed E-state index contributed by atoms with van der Waals surface area (Å²) in [6.45, 7) is 0.482. The van der Waals surface area contributed by atoms with Gasteiger partial charge < -0.3 is 21.1 Å². The van der Waals surface area contributed by atoms with Gasteiger partial charge in [0.1, 0.15) is 6.04 Å². The molecule has 0 saturated carbocycles. The smallest absolute Gasteiger partial charge is 0.243 e. The summed E-state index contributed by atoms with van der Waals surface area (Å²) >= 11 is 0. The normalized spacial score (nSPS) is 17.4. The maximum atomic E-state index is 13.0. The van der Waals surface area contributed by atoms with E-state index in [2.05, 4.69) is 10.0 Å². The Bertz CT molecular complexity index is 1060. The van der Waals surface area contributed by atoms with Crippen LogP contribution in [0.3, 0.4) is 0 Å². The van der Waals surface area contributed by atoms with Crippen molar-refractivity contribution >= 4 is 32.6 Å². The van der Waals surface area contributed by atoms with E-state index in [1.807, 2.05) is 18.2 Å². The lowest BCUT2D eigenvalue weighted by Crippen LogP contribution is -2.53. The predicted molar refractivity (Wildman–Crippen MR) is 121 cm³/mol. The molecule has 10 heteroatoms.